The summed E-state index contributed by atoms with van der Waals surface area (Å²) >= 11 is 0. The molecule has 0 fully saturated rings. The van der Waals surface area contributed by atoms with E-state index in [2.05, 4.69) is 16.3 Å². The second-order valence-corrected chi connectivity index (χ2v) is 9.03. The normalized spacial score (nSPS) is 18.1. The predicted molar refractivity (Wildman–Crippen MR) is 127 cm³/mol. The smallest absolute Gasteiger partial charge is 0.416 e. The summed E-state index contributed by atoms with van der Waals surface area (Å²) in [5.74, 6) is -0.334. The first-order valence-electron chi connectivity index (χ1n) is 11.6. The Labute approximate surface area is 203 Å². The third-order valence-electron chi connectivity index (χ3n) is 6.40. The second kappa shape index (κ2) is 10.6. The van der Waals surface area contributed by atoms with Crippen LogP contribution in [0, 0.1) is 24.2 Å². The van der Waals surface area contributed by atoms with Gasteiger partial charge in [-0.3, -0.25) is 5.10 Å². The van der Waals surface area contributed by atoms with Crippen molar-refractivity contribution in [2.75, 3.05) is 13.7 Å². The average Bonchev–Trinajstić information content (AvgIpc) is 3.16. The van der Waals surface area contributed by atoms with Crippen LogP contribution < -0.4 is 10.5 Å². The number of aromatic amines is 1. The van der Waals surface area contributed by atoms with Gasteiger partial charge in [0, 0.05) is 19.4 Å². The Morgan fingerprint density at radius 2 is 2.00 bits per heavy atom. The number of nitrogens with one attached hydrogen (secondary N) is 1. The Kier molecular flexibility index (Phi) is 7.96. The van der Waals surface area contributed by atoms with Crippen molar-refractivity contribution in [2.45, 2.75) is 58.0 Å². The molecule has 9 heteroatoms. The van der Waals surface area contributed by atoms with E-state index in [1.165, 1.54) is 0 Å². The number of ether oxygens (including phenoxy) is 2. The molecular weight excluding hydrogens is 457 g/mol. The summed E-state index contributed by atoms with van der Waals surface area (Å²) in [5, 5.41) is 17.1. The molecule has 188 valence electrons. The van der Waals surface area contributed by atoms with Gasteiger partial charge in [-0.2, -0.15) is 18.4 Å². The summed E-state index contributed by atoms with van der Waals surface area (Å²) in [5.41, 5.74) is 5.95. The minimum absolute atomic E-state index is 0.0666. The first-order valence-corrected chi connectivity index (χ1v) is 11.6. The van der Waals surface area contributed by atoms with E-state index in [0.717, 1.165) is 37.8 Å². The Bertz CT molecular complexity index is 1160. The van der Waals surface area contributed by atoms with Crippen LogP contribution in [-0.2, 0) is 16.3 Å². The van der Waals surface area contributed by atoms with Crippen molar-refractivity contribution in [3.8, 4) is 11.9 Å². The maximum absolute atomic E-state index is 14.0. The van der Waals surface area contributed by atoms with Crippen LogP contribution in [0.1, 0.15) is 67.5 Å². The highest BCUT2D eigenvalue weighted by atomic mass is 19.4. The highest BCUT2D eigenvalue weighted by Crippen LogP contribution is 2.53. The van der Waals surface area contributed by atoms with Crippen LogP contribution in [0.25, 0.3) is 6.08 Å². The molecule has 0 aliphatic carbocycles. The number of aryl methyl sites for hydroxylation is 1. The molecule has 6 nitrogen and oxygen atoms in total. The van der Waals surface area contributed by atoms with Crippen LogP contribution in [0.5, 0.6) is 5.88 Å². The van der Waals surface area contributed by atoms with Gasteiger partial charge in [0.2, 0.25) is 11.8 Å². The zero-order chi connectivity index (χ0) is 25.8. The first kappa shape index (κ1) is 26.4. The van der Waals surface area contributed by atoms with Crippen LogP contribution >= 0.6 is 0 Å². The van der Waals surface area contributed by atoms with Crippen molar-refractivity contribution < 1.29 is 22.6 Å². The molecule has 0 radical (unpaired) electrons. The molecule has 0 amide bonds. The predicted octanol–water partition coefficient (Wildman–Crippen LogP) is 5.99. The molecule has 0 bridgehead atoms. The summed E-state index contributed by atoms with van der Waals surface area (Å²) in [4.78, 5) is 0. The number of rotatable bonds is 9. The van der Waals surface area contributed by atoms with E-state index in [1.807, 2.05) is 19.9 Å². The third-order valence-corrected chi connectivity index (χ3v) is 6.40. The van der Waals surface area contributed by atoms with Crippen molar-refractivity contribution in [2.24, 2.45) is 11.7 Å². The number of methoxy groups -OCH3 is 1. The van der Waals surface area contributed by atoms with Crippen molar-refractivity contribution in [1.29, 1.82) is 5.26 Å². The molecule has 2 aromatic rings. The fraction of sp³-hybridized carbons (Fsp3) is 0.462. The fourth-order valence-electron chi connectivity index (χ4n) is 4.81. The number of nitrogens with two attached hydrogens (primary N) is 1. The number of unbranched alkanes of at least 4 members (excludes halogenated alkanes) is 3. The Hall–Kier alpha value is -3.25. The highest BCUT2D eigenvalue weighted by Gasteiger charge is 2.51. The summed E-state index contributed by atoms with van der Waals surface area (Å²) in [7, 11) is 1.65. The first-order chi connectivity index (χ1) is 16.6. The minimum Gasteiger partial charge on any atom is -0.420 e. The molecule has 0 saturated heterocycles. The van der Waals surface area contributed by atoms with Gasteiger partial charge < -0.3 is 15.2 Å². The van der Waals surface area contributed by atoms with Gasteiger partial charge in [0.15, 0.2) is 0 Å². The van der Waals surface area contributed by atoms with Gasteiger partial charge in [0.25, 0.3) is 0 Å². The molecule has 0 spiro atoms. The van der Waals surface area contributed by atoms with Gasteiger partial charge in [-0.05, 0) is 55.4 Å². The zero-order valence-electron chi connectivity index (χ0n) is 20.4. The standard InChI is InChI=1S/C26H31F3N4O2/c1-16(2)25(21(15-30)23(31)35-24-22(25)17(3)32-33-24)19-12-18(13-20(14-19)26(27,28)29)10-8-6-5-7-9-11-34-4/h8,10,12-14,16H,5-7,9,11,31H2,1-4H3,(H,32,33)/b10-8+. The molecule has 2 heterocycles. The molecule has 1 aliphatic heterocycles. The summed E-state index contributed by atoms with van der Waals surface area (Å²) in [6.07, 6.45) is 2.56. The Balaban J connectivity index is 2.17. The number of hydrogen-bond acceptors (Lipinski definition) is 5. The van der Waals surface area contributed by atoms with Gasteiger partial charge in [-0.25, -0.2) is 0 Å². The van der Waals surface area contributed by atoms with Crippen molar-refractivity contribution in [3.05, 3.63) is 63.7 Å². The molecule has 0 saturated carbocycles. The SMILES string of the molecule is COCCCCC/C=C/c1cc(C(F)(F)F)cc(C2(C(C)C)C(C#N)=C(N)Oc3n[nH]c(C)c32)c1. The van der Waals surface area contributed by atoms with E-state index in [4.69, 9.17) is 15.2 Å². The molecule has 35 heavy (non-hydrogen) atoms. The van der Waals surface area contributed by atoms with E-state index in [9.17, 15) is 18.4 Å². The van der Waals surface area contributed by atoms with Gasteiger partial charge in [0.1, 0.15) is 11.6 Å². The van der Waals surface area contributed by atoms with Gasteiger partial charge in [-0.1, -0.05) is 38.5 Å². The lowest BCUT2D eigenvalue weighted by Gasteiger charge is -2.41. The van der Waals surface area contributed by atoms with Crippen molar-refractivity contribution in [3.63, 3.8) is 0 Å². The summed E-state index contributed by atoms with van der Waals surface area (Å²) in [6.45, 7) is 6.14. The zero-order valence-corrected chi connectivity index (χ0v) is 20.4. The quantitative estimate of drug-likeness (QED) is 0.423. The maximum atomic E-state index is 14.0. The van der Waals surface area contributed by atoms with Crippen LogP contribution in [0.4, 0.5) is 13.2 Å². The van der Waals surface area contributed by atoms with Gasteiger partial charge >= 0.3 is 6.18 Å². The minimum atomic E-state index is -4.57. The van der Waals surface area contributed by atoms with E-state index < -0.39 is 17.2 Å². The monoisotopic (exact) mass is 488 g/mol. The number of nitrogens with zero attached hydrogens (tertiary/aromatic N) is 2. The van der Waals surface area contributed by atoms with E-state index in [-0.39, 0.29) is 23.3 Å². The molecular formula is C26H31F3N4O2. The number of H-pyrrole nitrogens is 1. The molecule has 1 aromatic carbocycles. The topological polar surface area (TPSA) is 96.9 Å². The van der Waals surface area contributed by atoms with Gasteiger partial charge in [0.05, 0.1) is 16.5 Å². The lowest BCUT2D eigenvalue weighted by atomic mass is 9.61. The lowest BCUT2D eigenvalue weighted by molar-refractivity contribution is -0.137. The number of fused-ring (bicyclic) bond motifs is 1. The van der Waals surface area contributed by atoms with Crippen LogP contribution in [-0.4, -0.2) is 23.9 Å². The Morgan fingerprint density at radius 1 is 1.26 bits per heavy atom. The van der Waals surface area contributed by atoms with E-state index in [1.54, 1.807) is 26.2 Å². The average molecular weight is 489 g/mol. The van der Waals surface area contributed by atoms with Gasteiger partial charge in [-0.15, -0.1) is 5.10 Å². The second-order valence-electron chi connectivity index (χ2n) is 9.03. The lowest BCUT2D eigenvalue weighted by Crippen LogP contribution is -2.41. The largest absolute Gasteiger partial charge is 0.420 e. The molecule has 1 aliphatic rings. The van der Waals surface area contributed by atoms with Crippen molar-refractivity contribution >= 4 is 6.08 Å². The van der Waals surface area contributed by atoms with Crippen LogP contribution in [0.2, 0.25) is 0 Å². The van der Waals surface area contributed by atoms with Crippen molar-refractivity contribution in [1.82, 2.24) is 10.2 Å². The number of halogens is 3. The van der Waals surface area contributed by atoms with Crippen LogP contribution in [0.15, 0.2) is 35.7 Å². The molecule has 1 aromatic heterocycles. The summed E-state index contributed by atoms with van der Waals surface area (Å²) in [6, 6.07) is 6.04. The number of alkyl halides is 3. The molecule has 1 atom stereocenters. The Morgan fingerprint density at radius 3 is 2.63 bits per heavy atom. The molecule has 1 unspecified atom stereocenters. The number of benzene rings is 1. The number of hydrogen-bond donors (Lipinski definition) is 2. The summed E-state index contributed by atoms with van der Waals surface area (Å²) < 4.78 is 52.6. The number of nitriles is 1. The number of allylic oxidation sites excluding steroid dienone is 2. The molecule has 3 N–H and O–H groups in total. The molecule has 3 rings (SSSR count). The van der Waals surface area contributed by atoms with E-state index >= 15 is 0 Å². The van der Waals surface area contributed by atoms with E-state index in [0.29, 0.717) is 29.0 Å². The number of aromatic nitrogens is 2. The van der Waals surface area contributed by atoms with Crippen LogP contribution in [0.3, 0.4) is 0 Å². The maximum Gasteiger partial charge on any atom is 0.416 e. The fourth-order valence-corrected chi connectivity index (χ4v) is 4.81. The highest BCUT2D eigenvalue weighted by molar-refractivity contribution is 5.64. The third kappa shape index (κ3) is 5.08.